The molecular formula is C25H31FO2. The maximum Gasteiger partial charge on any atom is 0.337 e. The van der Waals surface area contributed by atoms with Crippen LogP contribution in [-0.4, -0.2) is 13.1 Å². The monoisotopic (exact) mass is 382 g/mol. The second-order valence-electron chi connectivity index (χ2n) is 8.93. The molecule has 4 atom stereocenters. The largest absolute Gasteiger partial charge is 0.465 e. The first-order chi connectivity index (χ1) is 13.6. The van der Waals surface area contributed by atoms with Gasteiger partial charge in [-0.05, 0) is 96.4 Å². The number of methoxy groups -OCH3 is 1. The molecule has 0 heterocycles. The summed E-state index contributed by atoms with van der Waals surface area (Å²) in [5, 5.41) is 1.76. The molecule has 0 saturated heterocycles. The number of benzene rings is 2. The van der Waals surface area contributed by atoms with Crippen molar-refractivity contribution in [2.45, 2.75) is 64.2 Å². The number of hydrogen-bond donors (Lipinski definition) is 0. The molecule has 2 saturated carbocycles. The summed E-state index contributed by atoms with van der Waals surface area (Å²) in [4.78, 5) is 11.7. The van der Waals surface area contributed by atoms with Crippen LogP contribution in [0.25, 0.3) is 10.8 Å². The molecule has 2 aromatic rings. The molecule has 2 aliphatic rings. The van der Waals surface area contributed by atoms with Gasteiger partial charge in [0.05, 0.1) is 12.7 Å². The SMILES string of the molecule is CCCC1CCC2CC(c3cc4ccc(C(=O)OC)cc4cc3F)CCC2C1. The van der Waals surface area contributed by atoms with Crippen molar-refractivity contribution in [3.8, 4) is 0 Å². The fraction of sp³-hybridized carbons (Fsp3) is 0.560. The van der Waals surface area contributed by atoms with Crippen LogP contribution < -0.4 is 0 Å². The number of carbonyl (C=O) groups excluding carboxylic acids is 1. The number of carbonyl (C=O) groups is 1. The minimum absolute atomic E-state index is 0.127. The van der Waals surface area contributed by atoms with Crippen molar-refractivity contribution in [1.29, 1.82) is 0 Å². The summed E-state index contributed by atoms with van der Waals surface area (Å²) in [5.41, 5.74) is 1.33. The Labute approximate surface area is 167 Å². The Balaban J connectivity index is 1.53. The first kappa shape index (κ1) is 19.4. The molecule has 0 amide bonds. The Morgan fingerprint density at radius 2 is 1.82 bits per heavy atom. The standard InChI is InChI=1S/C25H31FO2/c1-3-4-16-5-6-18-12-20(9-7-17(18)11-16)23-14-19-8-10-21(25(27)28-2)13-22(19)15-24(23)26/h8,10,13-18,20H,3-7,9,11-12H2,1-2H3. The van der Waals surface area contributed by atoms with Crippen LogP contribution in [0.4, 0.5) is 4.39 Å². The number of fused-ring (bicyclic) bond motifs is 2. The number of halogens is 1. The van der Waals surface area contributed by atoms with E-state index in [9.17, 15) is 9.18 Å². The molecule has 2 aromatic carbocycles. The third-order valence-corrected chi connectivity index (χ3v) is 7.24. The molecule has 28 heavy (non-hydrogen) atoms. The Hall–Kier alpha value is -1.90. The first-order valence-electron chi connectivity index (χ1n) is 10.9. The Bertz CT molecular complexity index is 859. The van der Waals surface area contributed by atoms with E-state index in [1.165, 1.54) is 45.6 Å². The number of rotatable bonds is 4. The Morgan fingerprint density at radius 1 is 1.04 bits per heavy atom. The number of hydrogen-bond acceptors (Lipinski definition) is 2. The highest BCUT2D eigenvalue weighted by Crippen LogP contribution is 2.49. The van der Waals surface area contributed by atoms with E-state index in [-0.39, 0.29) is 11.8 Å². The van der Waals surface area contributed by atoms with Crippen LogP contribution in [0.15, 0.2) is 30.3 Å². The predicted octanol–water partition coefficient (Wildman–Crippen LogP) is 6.87. The third-order valence-electron chi connectivity index (χ3n) is 7.24. The van der Waals surface area contributed by atoms with Crippen LogP contribution in [0.3, 0.4) is 0 Å². The van der Waals surface area contributed by atoms with Crippen LogP contribution in [0.2, 0.25) is 0 Å². The van der Waals surface area contributed by atoms with E-state index in [4.69, 9.17) is 4.74 Å². The lowest BCUT2D eigenvalue weighted by Gasteiger charge is -2.42. The second-order valence-corrected chi connectivity index (χ2v) is 8.93. The van der Waals surface area contributed by atoms with Gasteiger partial charge in [-0.2, -0.15) is 0 Å². The minimum Gasteiger partial charge on any atom is -0.465 e. The lowest BCUT2D eigenvalue weighted by Crippen LogP contribution is -2.30. The van der Waals surface area contributed by atoms with Crippen LogP contribution in [0, 0.1) is 23.6 Å². The molecule has 3 heteroatoms. The van der Waals surface area contributed by atoms with Gasteiger partial charge in [0.1, 0.15) is 5.82 Å². The topological polar surface area (TPSA) is 26.3 Å². The summed E-state index contributed by atoms with van der Waals surface area (Å²) in [7, 11) is 1.36. The third kappa shape index (κ3) is 3.81. The van der Waals surface area contributed by atoms with Crippen molar-refractivity contribution in [2.75, 3.05) is 7.11 Å². The molecule has 0 bridgehead atoms. The van der Waals surface area contributed by atoms with Gasteiger partial charge in [-0.3, -0.25) is 0 Å². The molecule has 2 nitrogen and oxygen atoms in total. The Kier molecular flexibility index (Phi) is 5.70. The van der Waals surface area contributed by atoms with E-state index in [1.54, 1.807) is 18.2 Å². The molecule has 0 aliphatic heterocycles. The lowest BCUT2D eigenvalue weighted by molar-refractivity contribution is 0.0601. The minimum atomic E-state index is -0.386. The summed E-state index contributed by atoms with van der Waals surface area (Å²) < 4.78 is 19.8. The highest BCUT2D eigenvalue weighted by molar-refractivity contribution is 5.95. The molecule has 0 radical (unpaired) electrons. The Morgan fingerprint density at radius 3 is 2.61 bits per heavy atom. The highest BCUT2D eigenvalue weighted by Gasteiger charge is 2.36. The predicted molar refractivity (Wildman–Crippen MR) is 111 cm³/mol. The number of esters is 1. The quantitative estimate of drug-likeness (QED) is 0.540. The fourth-order valence-corrected chi connectivity index (χ4v) is 5.78. The molecule has 4 rings (SSSR count). The maximum atomic E-state index is 15.0. The van der Waals surface area contributed by atoms with Crippen LogP contribution >= 0.6 is 0 Å². The average molecular weight is 383 g/mol. The van der Waals surface area contributed by atoms with E-state index in [0.29, 0.717) is 11.5 Å². The fourth-order valence-electron chi connectivity index (χ4n) is 5.78. The van der Waals surface area contributed by atoms with Crippen molar-refractivity contribution >= 4 is 16.7 Å². The normalized spacial score (nSPS) is 27.4. The van der Waals surface area contributed by atoms with E-state index in [2.05, 4.69) is 6.92 Å². The molecule has 0 N–H and O–H groups in total. The van der Waals surface area contributed by atoms with E-state index in [0.717, 1.165) is 46.9 Å². The summed E-state index contributed by atoms with van der Waals surface area (Å²) >= 11 is 0. The van der Waals surface area contributed by atoms with Gasteiger partial charge in [-0.25, -0.2) is 9.18 Å². The van der Waals surface area contributed by atoms with Crippen molar-refractivity contribution in [1.82, 2.24) is 0 Å². The van der Waals surface area contributed by atoms with Gasteiger partial charge in [0.25, 0.3) is 0 Å². The van der Waals surface area contributed by atoms with Crippen LogP contribution in [0.5, 0.6) is 0 Å². The van der Waals surface area contributed by atoms with Crippen molar-refractivity contribution < 1.29 is 13.9 Å². The molecule has 150 valence electrons. The van der Waals surface area contributed by atoms with Gasteiger partial charge in [0.2, 0.25) is 0 Å². The highest BCUT2D eigenvalue weighted by atomic mass is 19.1. The molecule has 2 aliphatic carbocycles. The molecule has 0 aromatic heterocycles. The zero-order valence-electron chi connectivity index (χ0n) is 17.0. The van der Waals surface area contributed by atoms with E-state index >= 15 is 0 Å². The molecule has 2 fully saturated rings. The zero-order valence-corrected chi connectivity index (χ0v) is 17.0. The summed E-state index contributed by atoms with van der Waals surface area (Å²) in [6.45, 7) is 2.29. The summed E-state index contributed by atoms with van der Waals surface area (Å²) in [6.07, 6.45) is 10.2. The average Bonchev–Trinajstić information content (AvgIpc) is 2.72. The zero-order chi connectivity index (χ0) is 19.7. The first-order valence-corrected chi connectivity index (χ1v) is 10.9. The van der Waals surface area contributed by atoms with Crippen molar-refractivity contribution in [3.63, 3.8) is 0 Å². The molecule has 0 spiro atoms. The van der Waals surface area contributed by atoms with Gasteiger partial charge in [-0.15, -0.1) is 0 Å². The molecule has 4 unspecified atom stereocenters. The summed E-state index contributed by atoms with van der Waals surface area (Å²) in [5.74, 6) is 2.36. The van der Waals surface area contributed by atoms with Gasteiger partial charge >= 0.3 is 5.97 Å². The van der Waals surface area contributed by atoms with Gasteiger partial charge in [-0.1, -0.05) is 32.3 Å². The lowest BCUT2D eigenvalue weighted by atomic mass is 9.63. The van der Waals surface area contributed by atoms with E-state index < -0.39 is 0 Å². The van der Waals surface area contributed by atoms with Gasteiger partial charge in [0.15, 0.2) is 0 Å². The second kappa shape index (κ2) is 8.23. The van der Waals surface area contributed by atoms with Crippen LogP contribution in [0.1, 0.15) is 80.1 Å². The van der Waals surface area contributed by atoms with Gasteiger partial charge in [0, 0.05) is 0 Å². The van der Waals surface area contributed by atoms with E-state index in [1.807, 2.05) is 12.1 Å². The number of ether oxygens (including phenoxy) is 1. The van der Waals surface area contributed by atoms with Gasteiger partial charge < -0.3 is 4.74 Å². The maximum absolute atomic E-state index is 15.0. The van der Waals surface area contributed by atoms with Crippen molar-refractivity contribution in [2.24, 2.45) is 17.8 Å². The van der Waals surface area contributed by atoms with Crippen molar-refractivity contribution in [3.05, 3.63) is 47.3 Å². The molecular weight excluding hydrogens is 351 g/mol. The summed E-state index contributed by atoms with van der Waals surface area (Å²) in [6, 6.07) is 9.01. The van der Waals surface area contributed by atoms with Crippen LogP contribution in [-0.2, 0) is 4.74 Å². The smallest absolute Gasteiger partial charge is 0.337 e.